The summed E-state index contributed by atoms with van der Waals surface area (Å²) in [4.78, 5) is 27.2. The molecule has 1 saturated heterocycles. The molecule has 2 fully saturated rings. The van der Waals surface area contributed by atoms with E-state index in [1.807, 2.05) is 4.90 Å². The van der Waals surface area contributed by atoms with E-state index in [1.54, 1.807) is 0 Å². The Bertz CT molecular complexity index is 427. The van der Waals surface area contributed by atoms with Gasteiger partial charge in [0, 0.05) is 38.6 Å². The number of hydrogen-bond acceptors (Lipinski definition) is 3. The van der Waals surface area contributed by atoms with E-state index in [1.165, 1.54) is 0 Å². The fourth-order valence-electron chi connectivity index (χ4n) is 3.74. The molecule has 110 valence electrons. The van der Waals surface area contributed by atoms with Gasteiger partial charge < -0.3 is 10.0 Å². The van der Waals surface area contributed by atoms with E-state index in [2.05, 4.69) is 17.1 Å². The number of fused-ring (bicyclic) bond motifs is 2. The summed E-state index contributed by atoms with van der Waals surface area (Å²) in [5.41, 5.74) is 0. The number of carboxylic acids is 1. The molecule has 1 aliphatic heterocycles. The van der Waals surface area contributed by atoms with Crippen LogP contribution >= 0.6 is 0 Å². The van der Waals surface area contributed by atoms with Gasteiger partial charge in [0.1, 0.15) is 0 Å². The van der Waals surface area contributed by atoms with Crippen molar-refractivity contribution < 1.29 is 14.7 Å². The number of nitrogens with zero attached hydrogens (tertiary/aromatic N) is 2. The molecule has 0 aromatic carbocycles. The lowest BCUT2D eigenvalue weighted by Gasteiger charge is -2.36. The van der Waals surface area contributed by atoms with Crippen molar-refractivity contribution in [3.8, 4) is 0 Å². The molecular formula is C15H22N2O3. The second kappa shape index (κ2) is 5.56. The SMILES string of the molecule is O=C(O)CCN1CCN(C(=O)C2CC3C=CC2C3)CC1. The lowest BCUT2D eigenvalue weighted by atomic mass is 9.92. The molecule has 2 bridgehead atoms. The molecule has 5 heteroatoms. The summed E-state index contributed by atoms with van der Waals surface area (Å²) >= 11 is 0. The van der Waals surface area contributed by atoms with Crippen LogP contribution in [0.5, 0.6) is 0 Å². The van der Waals surface area contributed by atoms with Crippen molar-refractivity contribution in [3.05, 3.63) is 12.2 Å². The molecule has 1 heterocycles. The van der Waals surface area contributed by atoms with Crippen LogP contribution in [0, 0.1) is 17.8 Å². The summed E-state index contributed by atoms with van der Waals surface area (Å²) in [5, 5.41) is 8.69. The lowest BCUT2D eigenvalue weighted by molar-refractivity contribution is -0.140. The van der Waals surface area contributed by atoms with Crippen molar-refractivity contribution in [1.29, 1.82) is 0 Å². The van der Waals surface area contributed by atoms with Gasteiger partial charge in [0.2, 0.25) is 5.91 Å². The van der Waals surface area contributed by atoms with Gasteiger partial charge in [-0.05, 0) is 24.7 Å². The highest BCUT2D eigenvalue weighted by molar-refractivity contribution is 5.80. The van der Waals surface area contributed by atoms with Gasteiger partial charge in [-0.2, -0.15) is 0 Å². The van der Waals surface area contributed by atoms with Gasteiger partial charge in [-0.1, -0.05) is 12.2 Å². The zero-order chi connectivity index (χ0) is 14.1. The van der Waals surface area contributed by atoms with E-state index in [0.29, 0.717) is 24.3 Å². The fraction of sp³-hybridized carbons (Fsp3) is 0.733. The first-order valence-electron chi connectivity index (χ1n) is 7.55. The molecule has 3 rings (SSSR count). The third-order valence-corrected chi connectivity index (χ3v) is 4.92. The summed E-state index contributed by atoms with van der Waals surface area (Å²) < 4.78 is 0. The molecule has 1 N–H and O–H groups in total. The van der Waals surface area contributed by atoms with Gasteiger partial charge in [-0.3, -0.25) is 14.5 Å². The Balaban J connectivity index is 1.47. The van der Waals surface area contributed by atoms with E-state index in [9.17, 15) is 9.59 Å². The van der Waals surface area contributed by atoms with Crippen LogP contribution in [0.15, 0.2) is 12.2 Å². The number of piperazine rings is 1. The Labute approximate surface area is 119 Å². The molecular weight excluding hydrogens is 256 g/mol. The predicted molar refractivity (Wildman–Crippen MR) is 74.1 cm³/mol. The monoisotopic (exact) mass is 278 g/mol. The molecule has 2 aliphatic carbocycles. The first kappa shape index (κ1) is 13.6. The Kier molecular flexibility index (Phi) is 3.78. The molecule has 3 aliphatic rings. The normalized spacial score (nSPS) is 32.8. The number of amides is 1. The Morgan fingerprint density at radius 3 is 2.40 bits per heavy atom. The highest BCUT2D eigenvalue weighted by Gasteiger charge is 2.41. The van der Waals surface area contributed by atoms with E-state index in [4.69, 9.17) is 5.11 Å². The zero-order valence-electron chi connectivity index (χ0n) is 11.7. The van der Waals surface area contributed by atoms with Gasteiger partial charge in [0.05, 0.1) is 6.42 Å². The average Bonchev–Trinajstić information content (AvgIpc) is 3.07. The standard InChI is InChI=1S/C15H22N2O3/c18-14(19)3-4-16-5-7-17(8-6-16)15(20)13-10-11-1-2-12(13)9-11/h1-2,11-13H,3-10H2,(H,18,19). The Morgan fingerprint density at radius 2 is 1.85 bits per heavy atom. The molecule has 3 unspecified atom stereocenters. The number of aliphatic carboxylic acids is 1. The van der Waals surface area contributed by atoms with Crippen LogP contribution in [-0.4, -0.2) is 59.5 Å². The first-order chi connectivity index (χ1) is 9.63. The van der Waals surface area contributed by atoms with Crippen molar-refractivity contribution in [2.75, 3.05) is 32.7 Å². The maximum atomic E-state index is 12.5. The minimum absolute atomic E-state index is 0.186. The molecule has 5 nitrogen and oxygen atoms in total. The number of rotatable bonds is 4. The van der Waals surface area contributed by atoms with Crippen molar-refractivity contribution in [2.24, 2.45) is 17.8 Å². The smallest absolute Gasteiger partial charge is 0.304 e. The number of hydrogen-bond donors (Lipinski definition) is 1. The van der Waals surface area contributed by atoms with Crippen molar-refractivity contribution in [1.82, 2.24) is 9.80 Å². The molecule has 0 aromatic heterocycles. The topological polar surface area (TPSA) is 60.9 Å². The molecule has 1 saturated carbocycles. The summed E-state index contributed by atoms with van der Waals surface area (Å²) in [6.45, 7) is 3.69. The highest BCUT2D eigenvalue weighted by Crippen LogP contribution is 2.44. The van der Waals surface area contributed by atoms with Gasteiger partial charge in [0.25, 0.3) is 0 Å². The highest BCUT2D eigenvalue weighted by atomic mass is 16.4. The summed E-state index contributed by atoms with van der Waals surface area (Å²) in [7, 11) is 0. The van der Waals surface area contributed by atoms with Crippen molar-refractivity contribution in [2.45, 2.75) is 19.3 Å². The van der Waals surface area contributed by atoms with Crippen molar-refractivity contribution in [3.63, 3.8) is 0 Å². The van der Waals surface area contributed by atoms with E-state index < -0.39 is 5.97 Å². The van der Waals surface area contributed by atoms with Crippen LogP contribution in [0.3, 0.4) is 0 Å². The summed E-state index contributed by atoms with van der Waals surface area (Å²) in [6.07, 6.45) is 6.86. The fourth-order valence-corrected chi connectivity index (χ4v) is 3.74. The van der Waals surface area contributed by atoms with Crippen LogP contribution in [-0.2, 0) is 9.59 Å². The molecule has 0 aromatic rings. The zero-order valence-corrected chi connectivity index (χ0v) is 11.7. The Hall–Kier alpha value is -1.36. The van der Waals surface area contributed by atoms with Gasteiger partial charge in [-0.25, -0.2) is 0 Å². The second-order valence-corrected chi connectivity index (χ2v) is 6.20. The average molecular weight is 278 g/mol. The van der Waals surface area contributed by atoms with E-state index in [0.717, 1.165) is 39.0 Å². The van der Waals surface area contributed by atoms with Crippen LogP contribution in [0.2, 0.25) is 0 Å². The molecule has 0 radical (unpaired) electrons. The number of carbonyl (C=O) groups excluding carboxylic acids is 1. The molecule has 20 heavy (non-hydrogen) atoms. The van der Waals surface area contributed by atoms with Gasteiger partial charge in [0.15, 0.2) is 0 Å². The molecule has 1 amide bonds. The van der Waals surface area contributed by atoms with Crippen LogP contribution < -0.4 is 0 Å². The molecule has 0 spiro atoms. The maximum absolute atomic E-state index is 12.5. The van der Waals surface area contributed by atoms with Crippen LogP contribution in [0.4, 0.5) is 0 Å². The maximum Gasteiger partial charge on any atom is 0.304 e. The Morgan fingerprint density at radius 1 is 1.10 bits per heavy atom. The minimum atomic E-state index is -0.753. The molecule has 3 atom stereocenters. The third kappa shape index (κ3) is 2.73. The van der Waals surface area contributed by atoms with Gasteiger partial charge in [-0.15, -0.1) is 0 Å². The summed E-state index contributed by atoms with van der Waals surface area (Å²) in [5.74, 6) is 0.871. The summed E-state index contributed by atoms with van der Waals surface area (Å²) in [6, 6.07) is 0. The first-order valence-corrected chi connectivity index (χ1v) is 7.55. The second-order valence-electron chi connectivity index (χ2n) is 6.20. The minimum Gasteiger partial charge on any atom is -0.481 e. The number of allylic oxidation sites excluding steroid dienone is 2. The van der Waals surface area contributed by atoms with E-state index in [-0.39, 0.29) is 12.3 Å². The predicted octanol–water partition coefficient (Wildman–Crippen LogP) is 0.817. The van der Waals surface area contributed by atoms with Gasteiger partial charge >= 0.3 is 5.97 Å². The van der Waals surface area contributed by atoms with Crippen LogP contribution in [0.1, 0.15) is 19.3 Å². The largest absolute Gasteiger partial charge is 0.481 e. The third-order valence-electron chi connectivity index (χ3n) is 4.92. The number of carbonyl (C=O) groups is 2. The van der Waals surface area contributed by atoms with E-state index >= 15 is 0 Å². The lowest BCUT2D eigenvalue weighted by Crippen LogP contribution is -2.51. The number of carboxylic acid groups (broad SMARTS) is 1. The van der Waals surface area contributed by atoms with Crippen molar-refractivity contribution >= 4 is 11.9 Å². The quantitative estimate of drug-likeness (QED) is 0.773. The van der Waals surface area contributed by atoms with Crippen LogP contribution in [0.25, 0.3) is 0 Å².